The second-order valence-corrected chi connectivity index (χ2v) is 13.9. The maximum Gasteiger partial charge on any atom is 0.264 e. The first-order valence-electron chi connectivity index (χ1n) is 14.0. The maximum absolute atomic E-state index is 14.5. The molecule has 0 spiro atoms. The fourth-order valence-electron chi connectivity index (χ4n) is 4.73. The Kier molecular flexibility index (Phi) is 11.8. The van der Waals surface area contributed by atoms with E-state index < -0.39 is 34.4 Å². The normalized spacial score (nSPS) is 12.0. The molecule has 0 unspecified atom stereocenters. The van der Waals surface area contributed by atoms with Crippen molar-refractivity contribution in [3.8, 4) is 0 Å². The zero-order chi connectivity index (χ0) is 32.7. The van der Waals surface area contributed by atoms with Crippen LogP contribution < -0.4 is 9.62 Å². The lowest BCUT2D eigenvalue weighted by molar-refractivity contribution is -0.140. The Bertz CT molecular complexity index is 1750. The number of anilines is 1. The number of carbonyl (C=O) groups excluding carboxylic acids is 2. The summed E-state index contributed by atoms with van der Waals surface area (Å²) in [6, 6.07) is 23.6. The summed E-state index contributed by atoms with van der Waals surface area (Å²) in [6.07, 6.45) is 0.164. The van der Waals surface area contributed by atoms with Gasteiger partial charge in [-0.2, -0.15) is 0 Å². The molecule has 0 bridgehead atoms. The Balaban J connectivity index is 1.84. The summed E-state index contributed by atoms with van der Waals surface area (Å²) in [7, 11) is -4.31. The van der Waals surface area contributed by atoms with E-state index in [-0.39, 0.29) is 33.6 Å². The van der Waals surface area contributed by atoms with E-state index in [1.165, 1.54) is 35.2 Å². The predicted molar refractivity (Wildman–Crippen MR) is 182 cm³/mol. The first-order chi connectivity index (χ1) is 21.4. The average molecular weight is 708 g/mol. The molecule has 0 saturated heterocycles. The number of hydrogen-bond donors (Lipinski definition) is 1. The van der Waals surface area contributed by atoms with E-state index >= 15 is 0 Å². The lowest BCUT2D eigenvalue weighted by Gasteiger charge is -2.34. The number of nitrogens with one attached hydrogen (secondary N) is 1. The van der Waals surface area contributed by atoms with Crippen LogP contribution >= 0.6 is 46.4 Å². The molecular formula is C33H31Cl4N3O4S. The highest BCUT2D eigenvalue weighted by Gasteiger charge is 2.35. The second-order valence-electron chi connectivity index (χ2n) is 10.3. The van der Waals surface area contributed by atoms with Gasteiger partial charge in [0, 0.05) is 39.6 Å². The van der Waals surface area contributed by atoms with Gasteiger partial charge in [-0.3, -0.25) is 13.9 Å². The van der Waals surface area contributed by atoms with Crippen LogP contribution in [0.5, 0.6) is 0 Å². The monoisotopic (exact) mass is 705 g/mol. The molecule has 4 rings (SSSR count). The molecule has 2 amide bonds. The molecule has 0 aliphatic rings. The lowest BCUT2D eigenvalue weighted by atomic mass is 10.0. The Morgan fingerprint density at radius 2 is 1.47 bits per heavy atom. The summed E-state index contributed by atoms with van der Waals surface area (Å²) in [4.78, 5) is 29.4. The molecule has 45 heavy (non-hydrogen) atoms. The van der Waals surface area contributed by atoms with Crippen LogP contribution in [0, 0.1) is 6.92 Å². The number of sulfonamides is 1. The van der Waals surface area contributed by atoms with Crippen LogP contribution in [0.15, 0.2) is 95.9 Å². The molecule has 12 heteroatoms. The van der Waals surface area contributed by atoms with Gasteiger partial charge >= 0.3 is 0 Å². The highest BCUT2D eigenvalue weighted by Crippen LogP contribution is 2.31. The Morgan fingerprint density at radius 3 is 2.07 bits per heavy atom. The van der Waals surface area contributed by atoms with Gasteiger partial charge in [-0.05, 0) is 67.4 Å². The Hall–Kier alpha value is -3.27. The standard InChI is InChI=1S/C33H31Cl4N3O4S/c1-3-38-33(42)31(15-23-7-5-4-6-8-23)39(20-24-11-12-25(34)19-30(24)37)32(41)21-40(28-17-26(35)16-27(36)18-28)45(43,44)29-13-9-22(2)10-14-29/h4-14,16-19,31H,3,15,20-21H2,1-2H3,(H,38,42)/t31-/m0/s1. The fraction of sp³-hybridized carbons (Fsp3) is 0.212. The van der Waals surface area contributed by atoms with Crippen molar-refractivity contribution in [1.29, 1.82) is 0 Å². The Labute approximate surface area is 283 Å². The first-order valence-corrected chi connectivity index (χ1v) is 16.9. The summed E-state index contributed by atoms with van der Waals surface area (Å²) in [5, 5.41) is 3.88. The molecule has 1 N–H and O–H groups in total. The van der Waals surface area contributed by atoms with Crippen molar-refractivity contribution in [2.24, 2.45) is 0 Å². The molecule has 0 aliphatic carbocycles. The molecular weight excluding hydrogens is 676 g/mol. The van der Waals surface area contributed by atoms with Crippen LogP contribution in [-0.2, 0) is 32.6 Å². The van der Waals surface area contributed by atoms with Gasteiger partial charge in [0.15, 0.2) is 0 Å². The summed E-state index contributed by atoms with van der Waals surface area (Å²) in [5.74, 6) is -1.06. The largest absolute Gasteiger partial charge is 0.355 e. The van der Waals surface area contributed by atoms with Gasteiger partial charge in [0.25, 0.3) is 10.0 Å². The van der Waals surface area contributed by atoms with Gasteiger partial charge in [0.2, 0.25) is 11.8 Å². The van der Waals surface area contributed by atoms with Gasteiger partial charge in [-0.15, -0.1) is 0 Å². The molecule has 4 aromatic carbocycles. The van der Waals surface area contributed by atoms with E-state index in [1.54, 1.807) is 37.3 Å². The zero-order valence-corrected chi connectivity index (χ0v) is 28.4. The van der Waals surface area contributed by atoms with Crippen LogP contribution in [0.4, 0.5) is 5.69 Å². The molecule has 0 fully saturated rings. The van der Waals surface area contributed by atoms with Gasteiger partial charge in [-0.1, -0.05) is 100 Å². The van der Waals surface area contributed by atoms with Gasteiger partial charge in [0.05, 0.1) is 10.6 Å². The molecule has 4 aromatic rings. The predicted octanol–water partition coefficient (Wildman–Crippen LogP) is 7.58. The molecule has 0 aromatic heterocycles. The summed E-state index contributed by atoms with van der Waals surface area (Å²) in [6.45, 7) is 3.17. The molecule has 7 nitrogen and oxygen atoms in total. The van der Waals surface area contributed by atoms with Crippen molar-refractivity contribution in [3.05, 3.63) is 128 Å². The van der Waals surface area contributed by atoms with Crippen molar-refractivity contribution in [1.82, 2.24) is 10.2 Å². The van der Waals surface area contributed by atoms with Crippen molar-refractivity contribution >= 4 is 73.9 Å². The Morgan fingerprint density at radius 1 is 0.822 bits per heavy atom. The summed E-state index contributed by atoms with van der Waals surface area (Å²) in [5.41, 5.74) is 2.28. The van der Waals surface area contributed by atoms with Crippen LogP contribution in [0.3, 0.4) is 0 Å². The number of hydrogen-bond acceptors (Lipinski definition) is 4. The van der Waals surface area contributed by atoms with Crippen molar-refractivity contribution in [2.45, 2.75) is 37.8 Å². The highest BCUT2D eigenvalue weighted by molar-refractivity contribution is 7.92. The molecule has 0 heterocycles. The number of rotatable bonds is 12. The second kappa shape index (κ2) is 15.3. The van der Waals surface area contributed by atoms with Crippen molar-refractivity contribution in [2.75, 3.05) is 17.4 Å². The lowest BCUT2D eigenvalue weighted by Crippen LogP contribution is -2.53. The minimum atomic E-state index is -4.31. The summed E-state index contributed by atoms with van der Waals surface area (Å²) < 4.78 is 29.2. The molecule has 0 aliphatic heterocycles. The van der Waals surface area contributed by atoms with Gasteiger partial charge in [0.1, 0.15) is 12.6 Å². The van der Waals surface area contributed by atoms with E-state index in [0.29, 0.717) is 22.2 Å². The molecule has 0 saturated carbocycles. The molecule has 236 valence electrons. The number of amides is 2. The zero-order valence-electron chi connectivity index (χ0n) is 24.5. The molecule has 1 atom stereocenters. The van der Waals surface area contributed by atoms with Crippen LogP contribution in [0.2, 0.25) is 20.1 Å². The smallest absolute Gasteiger partial charge is 0.264 e. The third kappa shape index (κ3) is 8.93. The average Bonchev–Trinajstić information content (AvgIpc) is 2.98. The number of benzene rings is 4. The number of aryl methyl sites for hydroxylation is 1. The maximum atomic E-state index is 14.5. The third-order valence-electron chi connectivity index (χ3n) is 7.00. The fourth-order valence-corrected chi connectivity index (χ4v) is 7.11. The van der Waals surface area contributed by atoms with Crippen molar-refractivity contribution < 1.29 is 18.0 Å². The first kappa shape index (κ1) is 34.6. The van der Waals surface area contributed by atoms with E-state index in [0.717, 1.165) is 15.4 Å². The van der Waals surface area contributed by atoms with E-state index in [9.17, 15) is 18.0 Å². The van der Waals surface area contributed by atoms with Crippen LogP contribution in [0.25, 0.3) is 0 Å². The van der Waals surface area contributed by atoms with Crippen molar-refractivity contribution in [3.63, 3.8) is 0 Å². The number of carbonyl (C=O) groups is 2. The number of halogens is 4. The van der Waals surface area contributed by atoms with E-state index in [1.807, 2.05) is 37.3 Å². The van der Waals surface area contributed by atoms with Crippen LogP contribution in [0.1, 0.15) is 23.6 Å². The molecule has 0 radical (unpaired) electrons. The highest BCUT2D eigenvalue weighted by atomic mass is 35.5. The third-order valence-corrected chi connectivity index (χ3v) is 9.81. The minimum Gasteiger partial charge on any atom is -0.355 e. The van der Waals surface area contributed by atoms with Gasteiger partial charge < -0.3 is 10.2 Å². The summed E-state index contributed by atoms with van der Waals surface area (Å²) >= 11 is 25.2. The number of likely N-dealkylation sites (N-methyl/N-ethyl adjacent to an activating group) is 1. The van der Waals surface area contributed by atoms with E-state index in [2.05, 4.69) is 5.32 Å². The van der Waals surface area contributed by atoms with Gasteiger partial charge in [-0.25, -0.2) is 8.42 Å². The SMILES string of the molecule is CCNC(=O)[C@H](Cc1ccccc1)N(Cc1ccc(Cl)cc1Cl)C(=O)CN(c1cc(Cl)cc(Cl)c1)S(=O)(=O)c1ccc(C)cc1. The van der Waals surface area contributed by atoms with Crippen LogP contribution in [-0.4, -0.2) is 44.3 Å². The van der Waals surface area contributed by atoms with E-state index in [4.69, 9.17) is 46.4 Å². The topological polar surface area (TPSA) is 86.8 Å². The minimum absolute atomic E-state index is 0.0335. The number of nitrogens with zero attached hydrogens (tertiary/aromatic N) is 2. The quantitative estimate of drug-likeness (QED) is 0.165.